The van der Waals surface area contributed by atoms with Crippen LogP contribution in [0.25, 0.3) is 0 Å². The molecule has 9 heteroatoms. The van der Waals surface area contributed by atoms with E-state index in [9.17, 15) is 23.9 Å². The Morgan fingerprint density at radius 3 is 2.57 bits per heavy atom. The molecule has 4 N–H and O–H groups in total. The third-order valence-electron chi connectivity index (χ3n) is 4.70. The molecule has 8 nitrogen and oxygen atoms in total. The van der Waals surface area contributed by atoms with Crippen molar-refractivity contribution in [2.24, 2.45) is 5.92 Å². The van der Waals surface area contributed by atoms with Gasteiger partial charge in [-0.25, -0.2) is 9.18 Å². The summed E-state index contributed by atoms with van der Waals surface area (Å²) in [5, 5.41) is 18.0. The number of carbonyl (C=O) groups is 3. The summed E-state index contributed by atoms with van der Waals surface area (Å²) < 4.78 is 13.6. The number of urea groups is 1. The van der Waals surface area contributed by atoms with E-state index in [1.165, 1.54) is 11.0 Å². The Balaban J connectivity index is 1.74. The van der Waals surface area contributed by atoms with Gasteiger partial charge in [0.25, 0.3) is 0 Å². The minimum Gasteiger partial charge on any atom is -0.391 e. The molecule has 4 amide bonds. The molecule has 1 aliphatic carbocycles. The monoisotopic (exact) mass is 394 g/mol. The van der Waals surface area contributed by atoms with Crippen molar-refractivity contribution in [3.8, 4) is 0 Å². The lowest BCUT2D eigenvalue weighted by Gasteiger charge is -2.17. The van der Waals surface area contributed by atoms with Gasteiger partial charge in [0.05, 0.1) is 18.7 Å². The summed E-state index contributed by atoms with van der Waals surface area (Å²) in [6, 6.07) is 5.44. The molecule has 1 fully saturated rings. The van der Waals surface area contributed by atoms with Crippen molar-refractivity contribution in [3.63, 3.8) is 0 Å². The number of amides is 4. The van der Waals surface area contributed by atoms with E-state index in [4.69, 9.17) is 0 Å². The number of aliphatic hydroxyl groups is 1. The standard InChI is InChI=1S/C19H27FN4O4/c1-24(2)19(28)22-11-17(26)23-15-9-13(10-16(15)25)18(27)21-8-7-12-5-3-4-6-14(12)20/h3-6,13,15-16,25H,7-11H2,1-2H3,(H,21,27)(H,22,28)(H,23,26)/t13-,15+,16+/m0/s1. The van der Waals surface area contributed by atoms with Crippen molar-refractivity contribution in [1.82, 2.24) is 20.9 Å². The van der Waals surface area contributed by atoms with Gasteiger partial charge < -0.3 is 26.0 Å². The van der Waals surface area contributed by atoms with Crippen molar-refractivity contribution in [3.05, 3.63) is 35.6 Å². The highest BCUT2D eigenvalue weighted by Crippen LogP contribution is 2.26. The maximum atomic E-state index is 13.6. The predicted octanol–water partition coefficient (Wildman–Crippen LogP) is 0.0113. The molecule has 0 aliphatic heterocycles. The van der Waals surface area contributed by atoms with E-state index in [2.05, 4.69) is 16.0 Å². The molecule has 0 aromatic heterocycles. The van der Waals surface area contributed by atoms with Crippen LogP contribution in [0.4, 0.5) is 9.18 Å². The smallest absolute Gasteiger partial charge is 0.317 e. The Morgan fingerprint density at radius 2 is 1.89 bits per heavy atom. The maximum Gasteiger partial charge on any atom is 0.317 e. The zero-order valence-electron chi connectivity index (χ0n) is 16.1. The van der Waals surface area contributed by atoms with E-state index >= 15 is 0 Å². The molecular formula is C19H27FN4O4. The second-order valence-electron chi connectivity index (χ2n) is 7.10. The van der Waals surface area contributed by atoms with E-state index in [0.717, 1.165) is 0 Å². The van der Waals surface area contributed by atoms with Crippen LogP contribution in [-0.4, -0.2) is 67.2 Å². The van der Waals surface area contributed by atoms with Gasteiger partial charge in [0.1, 0.15) is 5.82 Å². The Hall–Kier alpha value is -2.68. The fourth-order valence-electron chi connectivity index (χ4n) is 3.12. The minimum atomic E-state index is -0.837. The summed E-state index contributed by atoms with van der Waals surface area (Å²) in [5.41, 5.74) is 0.527. The van der Waals surface area contributed by atoms with Gasteiger partial charge in [-0.05, 0) is 30.9 Å². The normalized spacial score (nSPS) is 21.1. The Bertz CT molecular complexity index is 713. The van der Waals surface area contributed by atoms with E-state index in [0.29, 0.717) is 24.9 Å². The summed E-state index contributed by atoms with van der Waals surface area (Å²) in [4.78, 5) is 36.9. The average molecular weight is 394 g/mol. The van der Waals surface area contributed by atoms with Crippen molar-refractivity contribution in [2.45, 2.75) is 31.4 Å². The number of hydrogen-bond acceptors (Lipinski definition) is 4. The van der Waals surface area contributed by atoms with Crippen LogP contribution in [-0.2, 0) is 16.0 Å². The molecule has 0 bridgehead atoms. The molecule has 0 spiro atoms. The van der Waals surface area contributed by atoms with Gasteiger partial charge in [-0.1, -0.05) is 18.2 Å². The highest BCUT2D eigenvalue weighted by molar-refractivity contribution is 5.84. The first-order chi connectivity index (χ1) is 13.3. The molecule has 3 atom stereocenters. The van der Waals surface area contributed by atoms with E-state index in [1.54, 1.807) is 32.3 Å². The zero-order chi connectivity index (χ0) is 20.7. The van der Waals surface area contributed by atoms with Gasteiger partial charge in [0.2, 0.25) is 11.8 Å². The predicted molar refractivity (Wildman–Crippen MR) is 101 cm³/mol. The lowest BCUT2D eigenvalue weighted by Crippen LogP contribution is -2.46. The highest BCUT2D eigenvalue weighted by atomic mass is 19.1. The minimum absolute atomic E-state index is 0.209. The first-order valence-electron chi connectivity index (χ1n) is 9.21. The number of nitrogens with zero attached hydrogens (tertiary/aromatic N) is 1. The van der Waals surface area contributed by atoms with Crippen LogP contribution < -0.4 is 16.0 Å². The Labute approximate surface area is 163 Å². The molecule has 28 heavy (non-hydrogen) atoms. The summed E-state index contributed by atoms with van der Waals surface area (Å²) in [6.07, 6.45) is 0.0795. The SMILES string of the molecule is CN(C)C(=O)NCC(=O)N[C@@H]1C[C@H](C(=O)NCCc2ccccc2F)C[C@H]1O. The van der Waals surface area contributed by atoms with Gasteiger partial charge in [0, 0.05) is 26.6 Å². The van der Waals surface area contributed by atoms with Crippen LogP contribution in [0.2, 0.25) is 0 Å². The van der Waals surface area contributed by atoms with Crippen molar-refractivity contribution in [1.29, 1.82) is 0 Å². The molecule has 1 saturated carbocycles. The zero-order valence-corrected chi connectivity index (χ0v) is 16.1. The molecule has 2 rings (SSSR count). The number of benzene rings is 1. The third kappa shape index (κ3) is 6.19. The van der Waals surface area contributed by atoms with Crippen LogP contribution in [0, 0.1) is 11.7 Å². The average Bonchev–Trinajstić information content (AvgIpc) is 3.01. The maximum absolute atomic E-state index is 13.6. The molecule has 0 radical (unpaired) electrons. The van der Waals surface area contributed by atoms with Crippen molar-refractivity contribution < 1.29 is 23.9 Å². The third-order valence-corrected chi connectivity index (χ3v) is 4.70. The van der Waals surface area contributed by atoms with Gasteiger partial charge >= 0.3 is 6.03 Å². The van der Waals surface area contributed by atoms with Crippen LogP contribution >= 0.6 is 0 Å². The lowest BCUT2D eigenvalue weighted by atomic mass is 10.1. The van der Waals surface area contributed by atoms with Gasteiger partial charge in [0.15, 0.2) is 0 Å². The quantitative estimate of drug-likeness (QED) is 0.522. The molecule has 0 heterocycles. The first-order valence-corrected chi connectivity index (χ1v) is 9.21. The summed E-state index contributed by atoms with van der Waals surface area (Å²) in [7, 11) is 3.12. The number of halogens is 1. The van der Waals surface area contributed by atoms with Crippen molar-refractivity contribution >= 4 is 17.8 Å². The fourth-order valence-corrected chi connectivity index (χ4v) is 3.12. The van der Waals surface area contributed by atoms with Crippen molar-refractivity contribution in [2.75, 3.05) is 27.2 Å². The molecule has 0 unspecified atom stereocenters. The van der Waals surface area contributed by atoms with Crippen LogP contribution in [0.5, 0.6) is 0 Å². The number of hydrogen-bond donors (Lipinski definition) is 4. The van der Waals surface area contributed by atoms with Gasteiger partial charge in [-0.2, -0.15) is 0 Å². The second-order valence-corrected chi connectivity index (χ2v) is 7.10. The van der Waals surface area contributed by atoms with Gasteiger partial charge in [-0.3, -0.25) is 9.59 Å². The van der Waals surface area contributed by atoms with E-state index in [-0.39, 0.29) is 24.7 Å². The van der Waals surface area contributed by atoms with Crippen LogP contribution in [0.1, 0.15) is 18.4 Å². The highest BCUT2D eigenvalue weighted by Gasteiger charge is 2.37. The summed E-state index contributed by atoms with van der Waals surface area (Å²) >= 11 is 0. The van der Waals surface area contributed by atoms with Crippen LogP contribution in [0.15, 0.2) is 24.3 Å². The topological polar surface area (TPSA) is 111 Å². The van der Waals surface area contributed by atoms with Gasteiger partial charge in [-0.15, -0.1) is 0 Å². The van der Waals surface area contributed by atoms with E-state index < -0.39 is 30.0 Å². The Kier molecular flexibility index (Phi) is 7.74. The molecule has 0 saturated heterocycles. The molecule has 1 aromatic carbocycles. The van der Waals surface area contributed by atoms with Crippen LogP contribution in [0.3, 0.4) is 0 Å². The van der Waals surface area contributed by atoms with E-state index in [1.807, 2.05) is 0 Å². The molecule has 1 aromatic rings. The first kappa shape index (κ1) is 21.6. The largest absolute Gasteiger partial charge is 0.391 e. The number of rotatable bonds is 7. The second kappa shape index (κ2) is 10.0. The number of carbonyl (C=O) groups excluding carboxylic acids is 3. The lowest BCUT2D eigenvalue weighted by molar-refractivity contribution is -0.125. The number of aliphatic hydroxyl groups excluding tert-OH is 1. The summed E-state index contributed by atoms with van der Waals surface area (Å²) in [5.74, 6) is -1.40. The molecule has 1 aliphatic rings. The Morgan fingerprint density at radius 1 is 1.18 bits per heavy atom. The fraction of sp³-hybridized carbons (Fsp3) is 0.526. The number of nitrogens with one attached hydrogen (secondary N) is 3. The summed E-state index contributed by atoms with van der Waals surface area (Å²) in [6.45, 7) is 0.0830. The molecule has 154 valence electrons. The molecular weight excluding hydrogens is 367 g/mol.